The van der Waals surface area contributed by atoms with Gasteiger partial charge in [0.15, 0.2) is 0 Å². The average molecular weight is 405 g/mol. The molecule has 0 heterocycles. The first-order chi connectivity index (χ1) is 12.4. The van der Waals surface area contributed by atoms with E-state index < -0.39 is 31.8 Å². The molecule has 10 heteroatoms. The smallest absolute Gasteiger partial charge is 0.456 e. The van der Waals surface area contributed by atoms with Crippen LogP contribution in [0.25, 0.3) is 0 Å². The number of ether oxygens (including phenoxy) is 1. The Morgan fingerprint density at radius 1 is 1.07 bits per heavy atom. The zero-order valence-electron chi connectivity index (χ0n) is 14.2. The first kappa shape index (κ1) is 20.7. The molecule has 0 spiro atoms. The van der Waals surface area contributed by atoms with Gasteiger partial charge in [-0.3, -0.25) is 4.79 Å². The van der Waals surface area contributed by atoms with Crippen LogP contribution in [0.5, 0.6) is 11.5 Å². The van der Waals surface area contributed by atoms with Gasteiger partial charge in [0, 0.05) is 11.6 Å². The molecular formula is C17H15F4NO4S. The summed E-state index contributed by atoms with van der Waals surface area (Å²) >= 11 is 0. The maximum absolute atomic E-state index is 13.3. The Kier molecular flexibility index (Phi) is 5.79. The summed E-state index contributed by atoms with van der Waals surface area (Å²) in [7, 11) is -5.81. The third kappa shape index (κ3) is 4.76. The quantitative estimate of drug-likeness (QED) is 0.743. The van der Waals surface area contributed by atoms with Crippen molar-refractivity contribution in [2.45, 2.75) is 24.3 Å². The Morgan fingerprint density at radius 2 is 1.67 bits per heavy atom. The summed E-state index contributed by atoms with van der Waals surface area (Å²) in [5, 5.41) is 2.61. The lowest BCUT2D eigenvalue weighted by molar-refractivity contribution is -0.118. The molecule has 2 rings (SSSR count). The summed E-state index contributed by atoms with van der Waals surface area (Å²) in [4.78, 5) is 10.3. The van der Waals surface area contributed by atoms with Crippen LogP contribution in [0.1, 0.15) is 13.8 Å². The highest BCUT2D eigenvalue weighted by atomic mass is 32.2. The number of carbonyl (C=O) groups is 1. The van der Waals surface area contributed by atoms with E-state index in [2.05, 4.69) is 5.32 Å². The number of anilines is 1. The van der Waals surface area contributed by atoms with Gasteiger partial charge in [-0.2, -0.15) is 13.2 Å². The van der Waals surface area contributed by atoms with Gasteiger partial charge in [0.1, 0.15) is 22.2 Å². The number of amides is 1. The van der Waals surface area contributed by atoms with E-state index in [1.807, 2.05) is 0 Å². The second kappa shape index (κ2) is 7.55. The molecule has 2 aromatic rings. The molecule has 0 saturated heterocycles. The van der Waals surface area contributed by atoms with E-state index in [-0.39, 0.29) is 23.6 Å². The van der Waals surface area contributed by atoms with Crippen LogP contribution in [0.15, 0.2) is 47.4 Å². The van der Waals surface area contributed by atoms with Crippen LogP contribution in [0.2, 0.25) is 0 Å². The second-order valence-electron chi connectivity index (χ2n) is 5.81. The fourth-order valence-corrected chi connectivity index (χ4v) is 2.81. The summed E-state index contributed by atoms with van der Waals surface area (Å²) in [6, 6.07) is 7.32. The van der Waals surface area contributed by atoms with Gasteiger partial charge < -0.3 is 10.1 Å². The van der Waals surface area contributed by atoms with Crippen molar-refractivity contribution in [3.05, 3.63) is 48.3 Å². The van der Waals surface area contributed by atoms with Gasteiger partial charge in [0.2, 0.25) is 5.91 Å². The Bertz CT molecular complexity index is 938. The third-order valence-electron chi connectivity index (χ3n) is 3.37. The van der Waals surface area contributed by atoms with E-state index >= 15 is 0 Å². The topological polar surface area (TPSA) is 72.5 Å². The van der Waals surface area contributed by atoms with E-state index in [4.69, 9.17) is 4.74 Å². The van der Waals surface area contributed by atoms with E-state index in [0.29, 0.717) is 5.69 Å². The standard InChI is InChI=1S/C17H15F4NO4S/c1-10(2)16(23)22-12-4-6-13(7-5-12)26-14-8-3-11(18)9-15(14)27(24,25)17(19,20)21/h3-10H,1-2H3,(H,22,23). The minimum absolute atomic E-state index is 0.00257. The number of nitrogens with one attached hydrogen (secondary N) is 1. The fourth-order valence-electron chi connectivity index (χ4n) is 1.92. The first-order valence-corrected chi connectivity index (χ1v) is 9.10. The lowest BCUT2D eigenvalue weighted by Crippen LogP contribution is -2.23. The van der Waals surface area contributed by atoms with Crippen molar-refractivity contribution in [2.75, 3.05) is 5.32 Å². The maximum atomic E-state index is 13.3. The maximum Gasteiger partial charge on any atom is 0.502 e. The number of sulfone groups is 1. The van der Waals surface area contributed by atoms with Gasteiger partial charge in [-0.1, -0.05) is 13.8 Å². The molecular weight excluding hydrogens is 390 g/mol. The average Bonchev–Trinajstić information content (AvgIpc) is 2.57. The first-order valence-electron chi connectivity index (χ1n) is 7.61. The number of hydrogen-bond donors (Lipinski definition) is 1. The molecule has 0 atom stereocenters. The number of benzene rings is 2. The Hall–Kier alpha value is -2.62. The highest BCUT2D eigenvalue weighted by Crippen LogP contribution is 2.37. The van der Waals surface area contributed by atoms with E-state index in [1.54, 1.807) is 13.8 Å². The predicted octanol–water partition coefficient (Wildman–Crippen LogP) is 4.51. The van der Waals surface area contributed by atoms with Gasteiger partial charge in [0.05, 0.1) is 0 Å². The van der Waals surface area contributed by atoms with E-state index in [0.717, 1.165) is 12.1 Å². The lowest BCUT2D eigenvalue weighted by atomic mass is 10.2. The van der Waals surface area contributed by atoms with Crippen molar-refractivity contribution in [1.82, 2.24) is 0 Å². The molecule has 0 aliphatic heterocycles. The summed E-state index contributed by atoms with van der Waals surface area (Å²) in [5.74, 6) is -2.32. The molecule has 0 unspecified atom stereocenters. The zero-order chi connectivity index (χ0) is 20.4. The highest BCUT2D eigenvalue weighted by Gasteiger charge is 2.48. The Morgan fingerprint density at radius 3 is 2.19 bits per heavy atom. The predicted molar refractivity (Wildman–Crippen MR) is 89.6 cm³/mol. The molecule has 1 amide bonds. The molecule has 5 nitrogen and oxygen atoms in total. The zero-order valence-corrected chi connectivity index (χ0v) is 15.0. The van der Waals surface area contributed by atoms with Crippen LogP contribution in [0.4, 0.5) is 23.2 Å². The highest BCUT2D eigenvalue weighted by molar-refractivity contribution is 7.92. The van der Waals surface area contributed by atoms with Crippen LogP contribution in [-0.4, -0.2) is 19.8 Å². The summed E-state index contributed by atoms with van der Waals surface area (Å²) in [5.41, 5.74) is -5.19. The molecule has 0 aromatic heterocycles. The van der Waals surface area contributed by atoms with Crippen molar-refractivity contribution in [3.63, 3.8) is 0 Å². The number of alkyl halides is 3. The molecule has 0 aliphatic carbocycles. The van der Waals surface area contributed by atoms with Crippen LogP contribution in [-0.2, 0) is 14.6 Å². The Balaban J connectivity index is 2.32. The van der Waals surface area contributed by atoms with Gasteiger partial charge in [0.25, 0.3) is 9.84 Å². The van der Waals surface area contributed by atoms with Crippen molar-refractivity contribution in [2.24, 2.45) is 5.92 Å². The number of hydrogen-bond acceptors (Lipinski definition) is 4. The van der Waals surface area contributed by atoms with Crippen molar-refractivity contribution in [3.8, 4) is 11.5 Å². The second-order valence-corrected chi connectivity index (χ2v) is 7.72. The fraction of sp³-hybridized carbons (Fsp3) is 0.235. The Labute approximate surface area is 152 Å². The van der Waals surface area contributed by atoms with Crippen LogP contribution in [0.3, 0.4) is 0 Å². The van der Waals surface area contributed by atoms with Gasteiger partial charge >= 0.3 is 5.51 Å². The summed E-state index contributed by atoms with van der Waals surface area (Å²) < 4.78 is 80.2. The van der Waals surface area contributed by atoms with Crippen LogP contribution < -0.4 is 10.1 Å². The van der Waals surface area contributed by atoms with Gasteiger partial charge in [-0.15, -0.1) is 0 Å². The molecule has 27 heavy (non-hydrogen) atoms. The molecule has 146 valence electrons. The molecule has 0 fully saturated rings. The molecule has 1 N–H and O–H groups in total. The van der Waals surface area contributed by atoms with Crippen molar-refractivity contribution < 1.29 is 35.5 Å². The number of halogens is 4. The minimum Gasteiger partial charge on any atom is -0.456 e. The third-order valence-corrected chi connectivity index (χ3v) is 4.88. The SMILES string of the molecule is CC(C)C(=O)Nc1ccc(Oc2ccc(F)cc2S(=O)(=O)C(F)(F)F)cc1. The monoisotopic (exact) mass is 405 g/mol. The molecule has 0 saturated carbocycles. The molecule has 0 radical (unpaired) electrons. The molecule has 0 bridgehead atoms. The number of carbonyl (C=O) groups excluding carboxylic acids is 1. The van der Waals surface area contributed by atoms with Gasteiger partial charge in [-0.25, -0.2) is 12.8 Å². The summed E-state index contributed by atoms with van der Waals surface area (Å²) in [6.07, 6.45) is 0. The van der Waals surface area contributed by atoms with Crippen LogP contribution in [0, 0.1) is 11.7 Å². The molecule has 0 aliphatic rings. The van der Waals surface area contributed by atoms with Crippen molar-refractivity contribution >= 4 is 21.4 Å². The molecule has 2 aromatic carbocycles. The van der Waals surface area contributed by atoms with Crippen LogP contribution >= 0.6 is 0 Å². The van der Waals surface area contributed by atoms with E-state index in [1.165, 1.54) is 24.3 Å². The van der Waals surface area contributed by atoms with Gasteiger partial charge in [-0.05, 0) is 42.5 Å². The van der Waals surface area contributed by atoms with E-state index in [9.17, 15) is 30.8 Å². The summed E-state index contributed by atoms with van der Waals surface area (Å²) in [6.45, 7) is 3.40. The number of rotatable bonds is 5. The normalized spacial score (nSPS) is 12.1. The minimum atomic E-state index is -5.81. The largest absolute Gasteiger partial charge is 0.502 e. The van der Waals surface area contributed by atoms with Crippen molar-refractivity contribution in [1.29, 1.82) is 0 Å². The lowest BCUT2D eigenvalue weighted by Gasteiger charge is -2.14.